The van der Waals surface area contributed by atoms with E-state index in [-0.39, 0.29) is 17.9 Å². The van der Waals surface area contributed by atoms with Crippen LogP contribution in [0.5, 0.6) is 5.75 Å². The van der Waals surface area contributed by atoms with E-state index >= 15 is 0 Å². The van der Waals surface area contributed by atoms with Crippen molar-refractivity contribution in [3.63, 3.8) is 0 Å². The third-order valence-corrected chi connectivity index (χ3v) is 2.54. The van der Waals surface area contributed by atoms with Crippen molar-refractivity contribution in [3.8, 4) is 11.4 Å². The second-order valence-electron chi connectivity index (χ2n) is 3.92. The molecular weight excluding hydrogens is 264 g/mol. The first-order chi connectivity index (χ1) is 9.52. The lowest BCUT2D eigenvalue weighted by atomic mass is 10.3. The van der Waals surface area contributed by atoms with Crippen LogP contribution in [0, 0.1) is 0 Å². The molecule has 2 rings (SSSR count). The number of aromatic amines is 1. The van der Waals surface area contributed by atoms with Crippen molar-refractivity contribution in [1.29, 1.82) is 0 Å². The monoisotopic (exact) mass is 276 g/mol. The Morgan fingerprint density at radius 1 is 1.40 bits per heavy atom. The summed E-state index contributed by atoms with van der Waals surface area (Å²) in [6.07, 6.45) is -0.308. The van der Waals surface area contributed by atoms with Gasteiger partial charge in [0.05, 0.1) is 19.2 Å². The first-order valence-electron chi connectivity index (χ1n) is 5.67. The number of amides is 1. The number of methoxy groups -OCH3 is 1. The average Bonchev–Trinajstić information content (AvgIpc) is 2.37. The molecule has 0 atom stereocenters. The molecule has 0 saturated carbocycles. The first kappa shape index (κ1) is 13.5. The topological polar surface area (TPSA) is 120 Å². The Hall–Kier alpha value is -2.90. The number of aromatic nitrogens is 3. The lowest BCUT2D eigenvalue weighted by molar-refractivity contribution is -0.117. The molecule has 1 aromatic carbocycles. The van der Waals surface area contributed by atoms with Crippen LogP contribution in [0.4, 0.5) is 0 Å². The summed E-state index contributed by atoms with van der Waals surface area (Å²) >= 11 is 0. The van der Waals surface area contributed by atoms with Gasteiger partial charge in [-0.3, -0.25) is 9.78 Å². The number of hydrogen-bond donors (Lipinski definition) is 2. The fraction of sp³-hybridized carbons (Fsp3) is 0.167. The number of H-pyrrole nitrogens is 1. The summed E-state index contributed by atoms with van der Waals surface area (Å²) in [4.78, 5) is 40.6. The van der Waals surface area contributed by atoms with Gasteiger partial charge in [0.15, 0.2) is 0 Å². The maximum atomic E-state index is 12.0. The highest BCUT2D eigenvalue weighted by Crippen LogP contribution is 2.18. The number of nitrogens with zero attached hydrogens (tertiary/aromatic N) is 2. The molecule has 0 spiro atoms. The summed E-state index contributed by atoms with van der Waals surface area (Å²) in [5.41, 5.74) is 3.73. The van der Waals surface area contributed by atoms with Gasteiger partial charge in [-0.2, -0.15) is 4.98 Å². The Kier molecular flexibility index (Phi) is 3.65. The van der Waals surface area contributed by atoms with Crippen LogP contribution in [0.15, 0.2) is 33.9 Å². The number of para-hydroxylation sites is 2. The molecular formula is C12H12N4O4. The lowest BCUT2D eigenvalue weighted by Crippen LogP contribution is -2.38. The molecule has 0 aliphatic carbocycles. The third-order valence-electron chi connectivity index (χ3n) is 2.54. The molecule has 0 radical (unpaired) electrons. The van der Waals surface area contributed by atoms with Gasteiger partial charge in [-0.1, -0.05) is 12.1 Å². The van der Waals surface area contributed by atoms with Crippen LogP contribution >= 0.6 is 0 Å². The summed E-state index contributed by atoms with van der Waals surface area (Å²) in [5.74, 6) is -0.411. The summed E-state index contributed by atoms with van der Waals surface area (Å²) in [7, 11) is 1.42. The Morgan fingerprint density at radius 3 is 2.70 bits per heavy atom. The average molecular weight is 276 g/mol. The van der Waals surface area contributed by atoms with Crippen molar-refractivity contribution in [1.82, 2.24) is 14.5 Å². The van der Waals surface area contributed by atoms with E-state index in [1.54, 1.807) is 24.3 Å². The molecule has 2 aromatic rings. The van der Waals surface area contributed by atoms with Crippen molar-refractivity contribution in [2.24, 2.45) is 5.73 Å². The fourth-order valence-corrected chi connectivity index (χ4v) is 1.74. The van der Waals surface area contributed by atoms with Crippen LogP contribution in [0.25, 0.3) is 5.69 Å². The maximum Gasteiger partial charge on any atom is 0.358 e. The zero-order valence-corrected chi connectivity index (χ0v) is 10.6. The van der Waals surface area contributed by atoms with Gasteiger partial charge in [0, 0.05) is 0 Å². The molecule has 0 bridgehead atoms. The number of benzene rings is 1. The molecule has 1 aromatic heterocycles. The van der Waals surface area contributed by atoms with Gasteiger partial charge >= 0.3 is 11.4 Å². The summed E-state index contributed by atoms with van der Waals surface area (Å²) < 4.78 is 5.91. The van der Waals surface area contributed by atoms with E-state index in [1.807, 2.05) is 0 Å². The van der Waals surface area contributed by atoms with Crippen molar-refractivity contribution in [2.75, 3.05) is 7.11 Å². The van der Waals surface area contributed by atoms with Crippen molar-refractivity contribution in [3.05, 3.63) is 51.1 Å². The van der Waals surface area contributed by atoms with Crippen LogP contribution in [0.2, 0.25) is 0 Å². The minimum atomic E-state index is -0.811. The van der Waals surface area contributed by atoms with Crippen LogP contribution < -0.4 is 21.9 Å². The number of ether oxygens (including phenoxy) is 1. The number of carbonyl (C=O) groups excluding carboxylic acids is 1. The number of primary amides is 1. The summed E-state index contributed by atoms with van der Waals surface area (Å²) in [5, 5.41) is 0. The molecule has 104 valence electrons. The molecule has 0 unspecified atom stereocenters. The number of nitrogens with two attached hydrogens (primary N) is 1. The molecule has 1 heterocycles. The molecule has 0 aliphatic rings. The van der Waals surface area contributed by atoms with Crippen molar-refractivity contribution < 1.29 is 9.53 Å². The highest BCUT2D eigenvalue weighted by molar-refractivity contribution is 5.75. The predicted octanol–water partition coefficient (Wildman–Crippen LogP) is -1.04. The standard InChI is InChI=1S/C12H12N4O4/c1-20-8-5-3-2-4-7(8)16-11(18)14-10(6-9(13)17)15-12(16)19/h2-5H,6H2,1H3,(H2,13,17)(H,14,15,18,19). The van der Waals surface area contributed by atoms with E-state index in [0.29, 0.717) is 5.75 Å². The molecule has 8 nitrogen and oxygen atoms in total. The second-order valence-corrected chi connectivity index (χ2v) is 3.92. The van der Waals surface area contributed by atoms with Gasteiger partial charge in [-0.25, -0.2) is 14.2 Å². The van der Waals surface area contributed by atoms with E-state index in [2.05, 4.69) is 9.97 Å². The Bertz CT molecular complexity index is 731. The summed E-state index contributed by atoms with van der Waals surface area (Å²) in [6, 6.07) is 6.51. The smallest absolute Gasteiger partial charge is 0.358 e. The highest BCUT2D eigenvalue weighted by Gasteiger charge is 2.12. The van der Waals surface area contributed by atoms with E-state index < -0.39 is 17.3 Å². The minimum absolute atomic E-state index is 0.0707. The van der Waals surface area contributed by atoms with Gasteiger partial charge < -0.3 is 10.5 Å². The van der Waals surface area contributed by atoms with Crippen LogP contribution in [0.1, 0.15) is 5.82 Å². The fourth-order valence-electron chi connectivity index (χ4n) is 1.74. The third kappa shape index (κ3) is 2.58. The van der Waals surface area contributed by atoms with E-state index in [1.165, 1.54) is 7.11 Å². The predicted molar refractivity (Wildman–Crippen MR) is 69.9 cm³/mol. The van der Waals surface area contributed by atoms with Gasteiger partial charge in [0.1, 0.15) is 11.6 Å². The van der Waals surface area contributed by atoms with Crippen LogP contribution in [0.3, 0.4) is 0 Å². The molecule has 0 aliphatic heterocycles. The number of nitrogens with one attached hydrogen (secondary N) is 1. The molecule has 3 N–H and O–H groups in total. The molecule has 0 fully saturated rings. The maximum absolute atomic E-state index is 12.0. The van der Waals surface area contributed by atoms with Crippen LogP contribution in [-0.4, -0.2) is 27.6 Å². The number of rotatable bonds is 4. The Morgan fingerprint density at radius 2 is 2.10 bits per heavy atom. The SMILES string of the molecule is COc1ccccc1-n1c(=O)nc(CC(N)=O)[nH]c1=O. The van der Waals surface area contributed by atoms with Gasteiger partial charge in [0.25, 0.3) is 0 Å². The zero-order chi connectivity index (χ0) is 14.7. The molecule has 1 amide bonds. The zero-order valence-electron chi connectivity index (χ0n) is 10.6. The molecule has 8 heteroatoms. The first-order valence-corrected chi connectivity index (χ1v) is 5.67. The van der Waals surface area contributed by atoms with E-state index in [4.69, 9.17) is 10.5 Å². The van der Waals surface area contributed by atoms with Crippen molar-refractivity contribution >= 4 is 5.91 Å². The van der Waals surface area contributed by atoms with Gasteiger partial charge in [-0.15, -0.1) is 0 Å². The number of hydrogen-bond acceptors (Lipinski definition) is 5. The largest absolute Gasteiger partial charge is 0.495 e. The van der Waals surface area contributed by atoms with E-state index in [9.17, 15) is 14.4 Å². The van der Waals surface area contributed by atoms with Crippen molar-refractivity contribution in [2.45, 2.75) is 6.42 Å². The highest BCUT2D eigenvalue weighted by atomic mass is 16.5. The minimum Gasteiger partial charge on any atom is -0.495 e. The van der Waals surface area contributed by atoms with Gasteiger partial charge in [-0.05, 0) is 12.1 Å². The Labute approximate surface area is 112 Å². The Balaban J connectivity index is 2.62. The molecule has 20 heavy (non-hydrogen) atoms. The van der Waals surface area contributed by atoms with Crippen LogP contribution in [-0.2, 0) is 11.2 Å². The lowest BCUT2D eigenvalue weighted by Gasteiger charge is -2.09. The molecule has 0 saturated heterocycles. The van der Waals surface area contributed by atoms with Gasteiger partial charge in [0.2, 0.25) is 5.91 Å². The normalized spacial score (nSPS) is 10.2. The quantitative estimate of drug-likeness (QED) is 0.738. The second kappa shape index (κ2) is 5.39. The number of carbonyl (C=O) groups is 1. The summed E-state index contributed by atoms with van der Waals surface area (Å²) in [6.45, 7) is 0. The van der Waals surface area contributed by atoms with E-state index in [0.717, 1.165) is 4.57 Å².